The van der Waals surface area contributed by atoms with Crippen LogP contribution in [0.3, 0.4) is 0 Å². The molecule has 0 amide bonds. The molecule has 0 aliphatic heterocycles. The van der Waals surface area contributed by atoms with Crippen LogP contribution in [-0.4, -0.2) is 24.6 Å². The van der Waals surface area contributed by atoms with Crippen molar-refractivity contribution >= 4 is 0 Å². The summed E-state index contributed by atoms with van der Waals surface area (Å²) in [5.41, 5.74) is 0. The summed E-state index contributed by atoms with van der Waals surface area (Å²) in [5.74, 6) is 0. The van der Waals surface area contributed by atoms with Gasteiger partial charge in [0.15, 0.2) is 0 Å². The summed E-state index contributed by atoms with van der Waals surface area (Å²) in [6, 6.07) is 0. The molecule has 15 heavy (non-hydrogen) atoms. The monoisotopic (exact) mass is 254 g/mol. The third kappa shape index (κ3) is 3.11. The standard InChI is InChI=1S/C4F10O/c5-1(6,7)3(11,12)15-4(13,14)2(8,9)10. The Kier molecular flexibility index (Phi) is 3.22. The fraction of sp³-hybridized carbons (Fsp3) is 1.00. The van der Waals surface area contributed by atoms with Gasteiger partial charge in [-0.3, -0.25) is 0 Å². The fourth-order valence-corrected chi connectivity index (χ4v) is 0.277. The molecule has 0 radical (unpaired) electrons. The summed E-state index contributed by atoms with van der Waals surface area (Å²) in [4.78, 5) is 0. The maximum atomic E-state index is 11.6. The first-order chi connectivity index (χ1) is 6.21. The lowest BCUT2D eigenvalue weighted by Gasteiger charge is -2.26. The number of alkyl halides is 10. The van der Waals surface area contributed by atoms with Gasteiger partial charge in [-0.25, -0.2) is 4.74 Å². The first-order valence-electron chi connectivity index (χ1n) is 2.80. The molecule has 11 heteroatoms. The predicted molar refractivity (Wildman–Crippen MR) is 23.1 cm³/mol. The van der Waals surface area contributed by atoms with Crippen LogP contribution in [0.25, 0.3) is 0 Å². The summed E-state index contributed by atoms with van der Waals surface area (Å²) >= 11 is 0. The molecule has 0 aromatic carbocycles. The largest absolute Gasteiger partial charge is 0.483 e. The van der Waals surface area contributed by atoms with Crippen molar-refractivity contribution in [3.8, 4) is 0 Å². The van der Waals surface area contributed by atoms with Crippen LogP contribution < -0.4 is 0 Å². The number of halogens is 10. The maximum absolute atomic E-state index is 11.6. The minimum Gasteiger partial charge on any atom is -0.240 e. The lowest BCUT2D eigenvalue weighted by Crippen LogP contribution is -2.50. The highest BCUT2D eigenvalue weighted by Crippen LogP contribution is 2.45. The van der Waals surface area contributed by atoms with Crippen molar-refractivity contribution in [3.63, 3.8) is 0 Å². The molecule has 0 atom stereocenters. The second-order valence-corrected chi connectivity index (χ2v) is 2.13. The van der Waals surface area contributed by atoms with Crippen LogP contribution in [0.1, 0.15) is 0 Å². The van der Waals surface area contributed by atoms with Gasteiger partial charge < -0.3 is 0 Å². The van der Waals surface area contributed by atoms with E-state index in [1.807, 2.05) is 0 Å². The SMILES string of the molecule is FC(F)(F)C(F)(F)OC(F)(F)C(F)(F)F. The van der Waals surface area contributed by atoms with Crippen LogP contribution in [0, 0.1) is 0 Å². The van der Waals surface area contributed by atoms with Crippen molar-refractivity contribution in [2.24, 2.45) is 0 Å². The maximum Gasteiger partial charge on any atom is 0.483 e. The number of rotatable bonds is 2. The minimum atomic E-state index is -6.66. The molecule has 0 unspecified atom stereocenters. The lowest BCUT2D eigenvalue weighted by atomic mass is 10.5. The molecule has 0 aromatic heterocycles. The predicted octanol–water partition coefficient (Wildman–Crippen LogP) is 3.31. The lowest BCUT2D eigenvalue weighted by molar-refractivity contribution is -0.501. The quantitative estimate of drug-likeness (QED) is 0.687. The molecule has 0 aliphatic carbocycles. The van der Waals surface area contributed by atoms with Crippen molar-refractivity contribution in [2.75, 3.05) is 0 Å². The molecule has 92 valence electrons. The molecule has 0 spiro atoms. The molecular formula is C4F10O. The van der Waals surface area contributed by atoms with Crippen LogP contribution in [0.5, 0.6) is 0 Å². The van der Waals surface area contributed by atoms with Gasteiger partial charge in [0.2, 0.25) is 0 Å². The number of ether oxygens (including phenoxy) is 1. The highest BCUT2D eigenvalue weighted by atomic mass is 19.4. The van der Waals surface area contributed by atoms with Gasteiger partial charge in [0.1, 0.15) is 0 Å². The molecule has 0 saturated carbocycles. The Morgan fingerprint density at radius 3 is 0.800 bits per heavy atom. The van der Waals surface area contributed by atoms with E-state index in [0.29, 0.717) is 0 Å². The van der Waals surface area contributed by atoms with Crippen molar-refractivity contribution in [1.29, 1.82) is 0 Å². The van der Waals surface area contributed by atoms with E-state index in [-0.39, 0.29) is 0 Å². The molecule has 0 saturated heterocycles. The zero-order valence-corrected chi connectivity index (χ0v) is 6.19. The average Bonchev–Trinajstić information content (AvgIpc) is 1.77. The van der Waals surface area contributed by atoms with Crippen LogP contribution in [-0.2, 0) is 4.74 Å². The van der Waals surface area contributed by atoms with E-state index in [4.69, 9.17) is 0 Å². The second-order valence-electron chi connectivity index (χ2n) is 2.13. The fourth-order valence-electron chi connectivity index (χ4n) is 0.277. The van der Waals surface area contributed by atoms with E-state index >= 15 is 0 Å². The van der Waals surface area contributed by atoms with Gasteiger partial charge in [-0.2, -0.15) is 43.9 Å². The molecule has 0 rings (SSSR count). The van der Waals surface area contributed by atoms with E-state index in [1.165, 1.54) is 4.74 Å². The molecular weight excluding hydrogens is 254 g/mol. The summed E-state index contributed by atoms with van der Waals surface area (Å²) in [6.45, 7) is 0. The highest BCUT2D eigenvalue weighted by Gasteiger charge is 2.70. The molecule has 0 aliphatic rings. The van der Waals surface area contributed by atoms with Crippen LogP contribution in [0.4, 0.5) is 43.9 Å². The normalized spacial score (nSPS) is 15.6. The van der Waals surface area contributed by atoms with E-state index in [2.05, 4.69) is 0 Å². The Labute approximate surface area is 74.6 Å². The smallest absolute Gasteiger partial charge is 0.240 e. The Balaban J connectivity index is 4.89. The molecule has 0 aromatic rings. The van der Waals surface area contributed by atoms with E-state index in [1.54, 1.807) is 0 Å². The summed E-state index contributed by atoms with van der Waals surface area (Å²) in [7, 11) is 0. The molecule has 1 nitrogen and oxygen atoms in total. The van der Waals surface area contributed by atoms with Gasteiger partial charge in [0.05, 0.1) is 0 Å². The third-order valence-electron chi connectivity index (χ3n) is 0.916. The van der Waals surface area contributed by atoms with E-state index < -0.39 is 24.6 Å². The summed E-state index contributed by atoms with van der Waals surface area (Å²) in [5, 5.41) is 0. The first-order valence-corrected chi connectivity index (χ1v) is 2.80. The Hall–Kier alpha value is -0.740. The minimum absolute atomic E-state index is 1.44. The van der Waals surface area contributed by atoms with Crippen LogP contribution in [0.2, 0.25) is 0 Å². The van der Waals surface area contributed by atoms with Gasteiger partial charge in [-0.15, -0.1) is 0 Å². The van der Waals surface area contributed by atoms with Crippen LogP contribution in [0.15, 0.2) is 0 Å². The Morgan fingerprint density at radius 2 is 0.667 bits per heavy atom. The molecule has 0 fully saturated rings. The van der Waals surface area contributed by atoms with E-state index in [0.717, 1.165) is 0 Å². The van der Waals surface area contributed by atoms with E-state index in [9.17, 15) is 43.9 Å². The van der Waals surface area contributed by atoms with Crippen molar-refractivity contribution < 1.29 is 48.6 Å². The van der Waals surface area contributed by atoms with Gasteiger partial charge in [0.25, 0.3) is 0 Å². The topological polar surface area (TPSA) is 9.23 Å². The number of hydrogen-bond acceptors (Lipinski definition) is 1. The third-order valence-corrected chi connectivity index (χ3v) is 0.916. The van der Waals surface area contributed by atoms with Crippen molar-refractivity contribution in [2.45, 2.75) is 24.6 Å². The Bertz CT molecular complexity index is 199. The number of hydrogen-bond donors (Lipinski definition) is 0. The van der Waals surface area contributed by atoms with Crippen LogP contribution >= 0.6 is 0 Å². The first kappa shape index (κ1) is 14.3. The molecule has 0 N–H and O–H groups in total. The second kappa shape index (κ2) is 3.39. The van der Waals surface area contributed by atoms with Crippen molar-refractivity contribution in [1.82, 2.24) is 0 Å². The average molecular weight is 254 g/mol. The molecule has 0 heterocycles. The van der Waals surface area contributed by atoms with Crippen molar-refractivity contribution in [3.05, 3.63) is 0 Å². The molecule has 0 bridgehead atoms. The Morgan fingerprint density at radius 1 is 0.467 bits per heavy atom. The zero-order valence-electron chi connectivity index (χ0n) is 6.19. The van der Waals surface area contributed by atoms with Gasteiger partial charge in [-0.1, -0.05) is 0 Å². The van der Waals surface area contributed by atoms with Gasteiger partial charge in [0, 0.05) is 0 Å². The summed E-state index contributed by atoms with van der Waals surface area (Å²) in [6.07, 6.45) is -26.5. The highest BCUT2D eigenvalue weighted by molar-refractivity contribution is 4.72. The zero-order chi connectivity index (χ0) is 12.7. The van der Waals surface area contributed by atoms with Gasteiger partial charge in [-0.05, 0) is 0 Å². The summed E-state index contributed by atoms with van der Waals surface area (Å²) < 4.78 is 115. The van der Waals surface area contributed by atoms with Gasteiger partial charge >= 0.3 is 24.6 Å².